The van der Waals surface area contributed by atoms with Gasteiger partial charge in [0.15, 0.2) is 0 Å². The number of aromatic nitrogens is 1. The SMILES string of the molecule is Cc1cncc(N2CCC(C)(NC(=O)Cc3ccc(C4CC4)cc3)C2)c1. The van der Waals surface area contributed by atoms with Crippen LogP contribution < -0.4 is 10.2 Å². The quantitative estimate of drug-likeness (QED) is 0.897. The van der Waals surface area contributed by atoms with Crippen LogP contribution in [0.5, 0.6) is 0 Å². The highest BCUT2D eigenvalue weighted by molar-refractivity contribution is 5.79. The number of carbonyl (C=O) groups excluding carboxylic acids is 1. The number of hydrogen-bond acceptors (Lipinski definition) is 3. The molecule has 0 bridgehead atoms. The van der Waals surface area contributed by atoms with Crippen molar-refractivity contribution in [3.8, 4) is 0 Å². The summed E-state index contributed by atoms with van der Waals surface area (Å²) in [5, 5.41) is 3.27. The van der Waals surface area contributed by atoms with Gasteiger partial charge in [0.05, 0.1) is 23.8 Å². The Balaban J connectivity index is 1.34. The van der Waals surface area contributed by atoms with E-state index in [2.05, 4.69) is 59.4 Å². The Morgan fingerprint density at radius 3 is 2.73 bits per heavy atom. The average Bonchev–Trinajstić information content (AvgIpc) is 3.38. The Morgan fingerprint density at radius 1 is 1.27 bits per heavy atom. The topological polar surface area (TPSA) is 45.2 Å². The minimum atomic E-state index is -0.186. The van der Waals surface area contributed by atoms with E-state index in [1.165, 1.54) is 18.4 Å². The number of carbonyl (C=O) groups is 1. The molecule has 1 aromatic carbocycles. The number of rotatable bonds is 5. The van der Waals surface area contributed by atoms with Crippen LogP contribution in [0.4, 0.5) is 5.69 Å². The van der Waals surface area contributed by atoms with E-state index in [1.54, 1.807) is 0 Å². The molecule has 1 saturated carbocycles. The smallest absolute Gasteiger partial charge is 0.224 e. The van der Waals surface area contributed by atoms with Crippen LogP contribution in [0.15, 0.2) is 42.7 Å². The molecule has 1 saturated heterocycles. The van der Waals surface area contributed by atoms with Crippen LogP contribution in [-0.2, 0) is 11.2 Å². The maximum atomic E-state index is 12.6. The molecular weight excluding hydrogens is 322 g/mol. The summed E-state index contributed by atoms with van der Waals surface area (Å²) in [6.45, 7) is 5.97. The molecule has 1 N–H and O–H groups in total. The van der Waals surface area contributed by atoms with Crippen molar-refractivity contribution in [3.05, 3.63) is 59.4 Å². The van der Waals surface area contributed by atoms with Crippen LogP contribution in [0, 0.1) is 6.92 Å². The summed E-state index contributed by atoms with van der Waals surface area (Å²) in [6.07, 6.45) is 7.80. The molecule has 1 aliphatic carbocycles. The first-order chi connectivity index (χ1) is 12.5. The van der Waals surface area contributed by atoms with Crippen molar-refractivity contribution < 1.29 is 4.79 Å². The second-order valence-electron chi connectivity index (χ2n) is 8.19. The standard InChI is InChI=1S/C22H27N3O/c1-16-11-20(14-23-13-16)25-10-9-22(2,15-25)24-21(26)12-17-3-5-18(6-4-17)19-7-8-19/h3-6,11,13-14,19H,7-10,12,15H2,1-2H3,(H,24,26). The molecule has 0 spiro atoms. The van der Waals surface area contributed by atoms with E-state index in [0.29, 0.717) is 6.42 Å². The number of aryl methyl sites for hydroxylation is 1. The molecule has 0 radical (unpaired) electrons. The molecule has 1 aliphatic heterocycles. The van der Waals surface area contributed by atoms with Gasteiger partial charge in [0, 0.05) is 19.3 Å². The largest absolute Gasteiger partial charge is 0.368 e. The van der Waals surface area contributed by atoms with Crippen LogP contribution in [0.2, 0.25) is 0 Å². The summed E-state index contributed by atoms with van der Waals surface area (Å²) in [5.41, 5.74) is 4.62. The van der Waals surface area contributed by atoms with Crippen LogP contribution >= 0.6 is 0 Å². The van der Waals surface area contributed by atoms with Crippen molar-refractivity contribution >= 4 is 11.6 Å². The van der Waals surface area contributed by atoms with E-state index in [-0.39, 0.29) is 11.4 Å². The zero-order valence-electron chi connectivity index (χ0n) is 15.7. The molecule has 4 rings (SSSR count). The molecule has 2 aromatic rings. The Kier molecular flexibility index (Phi) is 4.43. The highest BCUT2D eigenvalue weighted by Gasteiger charge is 2.35. The maximum absolute atomic E-state index is 12.6. The van der Waals surface area contributed by atoms with Crippen molar-refractivity contribution in [1.82, 2.24) is 10.3 Å². The van der Waals surface area contributed by atoms with E-state index in [0.717, 1.165) is 42.2 Å². The third-order valence-electron chi connectivity index (χ3n) is 5.53. The number of anilines is 1. The van der Waals surface area contributed by atoms with Gasteiger partial charge in [-0.15, -0.1) is 0 Å². The molecular formula is C22H27N3O. The summed E-state index contributed by atoms with van der Waals surface area (Å²) in [5.74, 6) is 0.869. The molecule has 26 heavy (non-hydrogen) atoms. The summed E-state index contributed by atoms with van der Waals surface area (Å²) >= 11 is 0. The molecule has 2 heterocycles. The van der Waals surface area contributed by atoms with Gasteiger partial charge in [-0.2, -0.15) is 0 Å². The van der Waals surface area contributed by atoms with Gasteiger partial charge in [-0.25, -0.2) is 0 Å². The van der Waals surface area contributed by atoms with E-state index in [9.17, 15) is 4.79 Å². The first-order valence-corrected chi connectivity index (χ1v) is 9.57. The van der Waals surface area contributed by atoms with Crippen molar-refractivity contribution in [2.45, 2.75) is 51.0 Å². The van der Waals surface area contributed by atoms with E-state index in [4.69, 9.17) is 0 Å². The highest BCUT2D eigenvalue weighted by atomic mass is 16.1. The number of nitrogens with one attached hydrogen (secondary N) is 1. The Morgan fingerprint density at radius 2 is 2.04 bits per heavy atom. The summed E-state index contributed by atoms with van der Waals surface area (Å²) in [6, 6.07) is 10.7. The van der Waals surface area contributed by atoms with Gasteiger partial charge in [-0.3, -0.25) is 9.78 Å². The lowest BCUT2D eigenvalue weighted by molar-refractivity contribution is -0.122. The molecule has 2 aliphatic rings. The highest BCUT2D eigenvalue weighted by Crippen LogP contribution is 2.39. The maximum Gasteiger partial charge on any atom is 0.224 e. The van der Waals surface area contributed by atoms with Crippen LogP contribution in [0.25, 0.3) is 0 Å². The summed E-state index contributed by atoms with van der Waals surface area (Å²) in [7, 11) is 0. The molecule has 4 nitrogen and oxygen atoms in total. The molecule has 1 amide bonds. The molecule has 1 unspecified atom stereocenters. The molecule has 1 aromatic heterocycles. The minimum Gasteiger partial charge on any atom is -0.368 e. The fraction of sp³-hybridized carbons (Fsp3) is 0.455. The fourth-order valence-corrected chi connectivity index (χ4v) is 3.89. The van der Waals surface area contributed by atoms with Gasteiger partial charge in [-0.05, 0) is 61.8 Å². The van der Waals surface area contributed by atoms with Crippen molar-refractivity contribution in [3.63, 3.8) is 0 Å². The normalized spacial score (nSPS) is 22.5. The van der Waals surface area contributed by atoms with Crippen LogP contribution in [0.3, 0.4) is 0 Å². The number of benzene rings is 1. The Labute approximate surface area is 155 Å². The van der Waals surface area contributed by atoms with Crippen molar-refractivity contribution in [2.24, 2.45) is 0 Å². The predicted molar refractivity (Wildman–Crippen MR) is 104 cm³/mol. The zero-order chi connectivity index (χ0) is 18.1. The summed E-state index contributed by atoms with van der Waals surface area (Å²) in [4.78, 5) is 19.2. The average molecular weight is 349 g/mol. The van der Waals surface area contributed by atoms with Crippen LogP contribution in [0.1, 0.15) is 48.8 Å². The van der Waals surface area contributed by atoms with Gasteiger partial charge >= 0.3 is 0 Å². The first-order valence-electron chi connectivity index (χ1n) is 9.57. The summed E-state index contributed by atoms with van der Waals surface area (Å²) < 4.78 is 0. The fourth-order valence-electron chi connectivity index (χ4n) is 3.89. The lowest BCUT2D eigenvalue weighted by Gasteiger charge is -2.27. The predicted octanol–water partition coefficient (Wildman–Crippen LogP) is 3.60. The molecule has 1 atom stereocenters. The van der Waals surface area contributed by atoms with Gasteiger partial charge in [0.25, 0.3) is 0 Å². The Bertz CT molecular complexity index is 797. The lowest BCUT2D eigenvalue weighted by atomic mass is 10.0. The number of hydrogen-bond donors (Lipinski definition) is 1. The third kappa shape index (κ3) is 3.90. The second-order valence-corrected chi connectivity index (χ2v) is 8.19. The molecule has 136 valence electrons. The van der Waals surface area contributed by atoms with Gasteiger partial charge in [-0.1, -0.05) is 24.3 Å². The monoisotopic (exact) mass is 349 g/mol. The van der Waals surface area contributed by atoms with Crippen molar-refractivity contribution in [1.29, 1.82) is 0 Å². The number of amides is 1. The number of pyridine rings is 1. The first kappa shape index (κ1) is 17.1. The van der Waals surface area contributed by atoms with Crippen LogP contribution in [-0.4, -0.2) is 29.5 Å². The zero-order valence-corrected chi connectivity index (χ0v) is 15.7. The second kappa shape index (κ2) is 6.75. The van der Waals surface area contributed by atoms with Crippen molar-refractivity contribution in [2.75, 3.05) is 18.0 Å². The van der Waals surface area contributed by atoms with Gasteiger partial charge in [0.1, 0.15) is 0 Å². The molecule has 2 fully saturated rings. The van der Waals surface area contributed by atoms with E-state index < -0.39 is 0 Å². The number of nitrogens with zero attached hydrogens (tertiary/aromatic N) is 2. The van der Waals surface area contributed by atoms with Gasteiger partial charge < -0.3 is 10.2 Å². The minimum absolute atomic E-state index is 0.107. The van der Waals surface area contributed by atoms with E-state index in [1.807, 2.05) is 12.4 Å². The van der Waals surface area contributed by atoms with Gasteiger partial charge in [0.2, 0.25) is 5.91 Å². The van der Waals surface area contributed by atoms with E-state index >= 15 is 0 Å². The molecule has 4 heteroatoms. The Hall–Kier alpha value is -2.36. The third-order valence-corrected chi connectivity index (χ3v) is 5.53. The lowest BCUT2D eigenvalue weighted by Crippen LogP contribution is -2.48.